The van der Waals surface area contributed by atoms with Crippen molar-refractivity contribution in [3.8, 4) is 17.0 Å². The van der Waals surface area contributed by atoms with Gasteiger partial charge in [0.2, 0.25) is 0 Å². The van der Waals surface area contributed by atoms with Crippen LogP contribution >= 0.6 is 0 Å². The number of ether oxygens (including phenoxy) is 1. The van der Waals surface area contributed by atoms with E-state index in [0.29, 0.717) is 6.42 Å². The molecular formula is C14H16N2O3. The quantitative estimate of drug-likeness (QED) is 0.894. The smallest absolute Gasteiger partial charge is 0.303 e. The number of carbonyl (C=O) groups is 1. The van der Waals surface area contributed by atoms with Gasteiger partial charge in [0.15, 0.2) is 0 Å². The lowest BCUT2D eigenvalue weighted by Crippen LogP contribution is -2.04. The Morgan fingerprint density at radius 3 is 2.95 bits per heavy atom. The normalized spacial score (nSPS) is 10.4. The van der Waals surface area contributed by atoms with Crippen LogP contribution in [0.15, 0.2) is 30.5 Å². The van der Waals surface area contributed by atoms with Crippen molar-refractivity contribution in [2.24, 2.45) is 7.05 Å². The van der Waals surface area contributed by atoms with Crippen molar-refractivity contribution in [1.82, 2.24) is 9.55 Å². The van der Waals surface area contributed by atoms with Crippen LogP contribution in [0.4, 0.5) is 0 Å². The molecule has 0 saturated heterocycles. The van der Waals surface area contributed by atoms with Crippen LogP contribution in [0.1, 0.15) is 12.2 Å². The third kappa shape index (κ3) is 2.93. The van der Waals surface area contributed by atoms with Crippen LogP contribution in [0.3, 0.4) is 0 Å². The van der Waals surface area contributed by atoms with Gasteiger partial charge in [-0.25, -0.2) is 4.98 Å². The zero-order chi connectivity index (χ0) is 13.8. The van der Waals surface area contributed by atoms with Crippen LogP contribution in [0.2, 0.25) is 0 Å². The van der Waals surface area contributed by atoms with E-state index >= 15 is 0 Å². The maximum Gasteiger partial charge on any atom is 0.303 e. The molecule has 0 radical (unpaired) electrons. The van der Waals surface area contributed by atoms with E-state index in [-0.39, 0.29) is 6.42 Å². The first-order valence-electron chi connectivity index (χ1n) is 5.98. The summed E-state index contributed by atoms with van der Waals surface area (Å²) in [6, 6.07) is 7.70. The molecule has 2 rings (SSSR count). The minimum absolute atomic E-state index is 0.0857. The fourth-order valence-electron chi connectivity index (χ4n) is 1.95. The van der Waals surface area contributed by atoms with E-state index in [0.717, 1.165) is 22.8 Å². The Hall–Kier alpha value is -2.30. The van der Waals surface area contributed by atoms with Gasteiger partial charge in [0.1, 0.15) is 11.6 Å². The van der Waals surface area contributed by atoms with Gasteiger partial charge in [0, 0.05) is 19.0 Å². The van der Waals surface area contributed by atoms with Gasteiger partial charge in [-0.15, -0.1) is 0 Å². The van der Waals surface area contributed by atoms with Crippen LogP contribution in [0.5, 0.6) is 5.75 Å². The Labute approximate surface area is 111 Å². The molecule has 0 fully saturated rings. The number of aliphatic carboxylic acids is 1. The van der Waals surface area contributed by atoms with Gasteiger partial charge in [-0.2, -0.15) is 0 Å². The van der Waals surface area contributed by atoms with Gasteiger partial charge in [0.05, 0.1) is 25.4 Å². The molecule has 0 atom stereocenters. The second-order valence-corrected chi connectivity index (χ2v) is 4.24. The molecule has 100 valence electrons. The van der Waals surface area contributed by atoms with E-state index in [4.69, 9.17) is 9.84 Å². The molecule has 19 heavy (non-hydrogen) atoms. The molecule has 0 spiro atoms. The molecule has 0 aliphatic heterocycles. The fourth-order valence-corrected chi connectivity index (χ4v) is 1.95. The molecule has 1 heterocycles. The SMILES string of the molecule is COc1cccc(-c2cnc(CCC(=O)O)n2C)c1. The monoisotopic (exact) mass is 260 g/mol. The molecule has 0 amide bonds. The number of nitrogens with zero attached hydrogens (tertiary/aromatic N) is 2. The zero-order valence-corrected chi connectivity index (χ0v) is 11.0. The van der Waals surface area contributed by atoms with Gasteiger partial charge >= 0.3 is 5.97 Å². The van der Waals surface area contributed by atoms with E-state index < -0.39 is 5.97 Å². The van der Waals surface area contributed by atoms with Crippen LogP contribution in [-0.2, 0) is 18.3 Å². The number of carboxylic acids is 1. The molecule has 0 saturated carbocycles. The standard InChI is InChI=1S/C14H16N2O3/c1-16-12(9-15-13(16)6-7-14(17)18)10-4-3-5-11(8-10)19-2/h3-5,8-9H,6-7H2,1-2H3,(H,17,18). The van der Waals surface area contributed by atoms with Crippen molar-refractivity contribution in [2.75, 3.05) is 7.11 Å². The summed E-state index contributed by atoms with van der Waals surface area (Å²) >= 11 is 0. The third-order valence-corrected chi connectivity index (χ3v) is 3.01. The minimum atomic E-state index is -0.814. The Morgan fingerprint density at radius 2 is 2.26 bits per heavy atom. The molecule has 0 aliphatic carbocycles. The summed E-state index contributed by atoms with van der Waals surface area (Å²) in [6.45, 7) is 0. The Morgan fingerprint density at radius 1 is 1.47 bits per heavy atom. The molecule has 1 aromatic heterocycles. The molecular weight excluding hydrogens is 244 g/mol. The van der Waals surface area contributed by atoms with E-state index in [1.165, 1.54) is 0 Å². The summed E-state index contributed by atoms with van der Waals surface area (Å²) in [5.74, 6) is 0.733. The molecule has 1 aromatic carbocycles. The highest BCUT2D eigenvalue weighted by Crippen LogP contribution is 2.24. The van der Waals surface area contributed by atoms with Crippen LogP contribution < -0.4 is 4.74 Å². The number of rotatable bonds is 5. The second kappa shape index (κ2) is 5.56. The number of imidazole rings is 1. The lowest BCUT2D eigenvalue weighted by molar-refractivity contribution is -0.137. The average Bonchev–Trinajstić information content (AvgIpc) is 2.78. The van der Waals surface area contributed by atoms with Gasteiger partial charge < -0.3 is 14.4 Å². The van der Waals surface area contributed by atoms with Crippen LogP contribution in [0, 0.1) is 0 Å². The largest absolute Gasteiger partial charge is 0.497 e. The topological polar surface area (TPSA) is 64.3 Å². The summed E-state index contributed by atoms with van der Waals surface area (Å²) in [6.07, 6.45) is 2.27. The molecule has 1 N–H and O–H groups in total. The van der Waals surface area contributed by atoms with Crippen molar-refractivity contribution < 1.29 is 14.6 Å². The predicted octanol–water partition coefficient (Wildman–Crippen LogP) is 2.11. The summed E-state index contributed by atoms with van der Waals surface area (Å²) in [4.78, 5) is 14.9. The molecule has 0 unspecified atom stereocenters. The van der Waals surface area contributed by atoms with Crippen molar-refractivity contribution >= 4 is 5.97 Å². The Balaban J connectivity index is 2.27. The predicted molar refractivity (Wildman–Crippen MR) is 71.2 cm³/mol. The highest BCUT2D eigenvalue weighted by Gasteiger charge is 2.10. The van der Waals surface area contributed by atoms with Crippen molar-refractivity contribution in [2.45, 2.75) is 12.8 Å². The van der Waals surface area contributed by atoms with Crippen molar-refractivity contribution in [3.63, 3.8) is 0 Å². The van der Waals surface area contributed by atoms with Gasteiger partial charge in [-0.1, -0.05) is 12.1 Å². The molecule has 0 aliphatic rings. The summed E-state index contributed by atoms with van der Waals surface area (Å²) < 4.78 is 7.11. The van der Waals surface area contributed by atoms with Crippen LogP contribution in [-0.4, -0.2) is 27.7 Å². The van der Waals surface area contributed by atoms with Crippen molar-refractivity contribution in [1.29, 1.82) is 0 Å². The third-order valence-electron chi connectivity index (χ3n) is 3.01. The van der Waals surface area contributed by atoms with Crippen molar-refractivity contribution in [3.05, 3.63) is 36.3 Å². The van der Waals surface area contributed by atoms with Crippen LogP contribution in [0.25, 0.3) is 11.3 Å². The zero-order valence-electron chi connectivity index (χ0n) is 11.0. The number of aromatic nitrogens is 2. The second-order valence-electron chi connectivity index (χ2n) is 4.24. The highest BCUT2D eigenvalue weighted by atomic mass is 16.5. The number of carboxylic acid groups (broad SMARTS) is 1. The number of methoxy groups -OCH3 is 1. The summed E-state index contributed by atoms with van der Waals surface area (Å²) in [5.41, 5.74) is 1.94. The number of hydrogen-bond acceptors (Lipinski definition) is 3. The van der Waals surface area contributed by atoms with E-state index in [9.17, 15) is 4.79 Å². The molecule has 0 bridgehead atoms. The first-order chi connectivity index (χ1) is 9.11. The minimum Gasteiger partial charge on any atom is -0.497 e. The number of hydrogen-bond donors (Lipinski definition) is 1. The maximum atomic E-state index is 10.6. The average molecular weight is 260 g/mol. The Bertz CT molecular complexity index is 590. The summed E-state index contributed by atoms with van der Waals surface area (Å²) in [5, 5.41) is 8.70. The lowest BCUT2D eigenvalue weighted by Gasteiger charge is -2.07. The Kier molecular flexibility index (Phi) is 3.85. The molecule has 5 heteroatoms. The highest BCUT2D eigenvalue weighted by molar-refractivity contribution is 5.67. The lowest BCUT2D eigenvalue weighted by atomic mass is 10.1. The number of aryl methyl sites for hydroxylation is 1. The fraction of sp³-hybridized carbons (Fsp3) is 0.286. The van der Waals surface area contributed by atoms with E-state index in [1.54, 1.807) is 13.3 Å². The number of benzene rings is 1. The molecule has 5 nitrogen and oxygen atoms in total. The first-order valence-corrected chi connectivity index (χ1v) is 5.98. The van der Waals surface area contributed by atoms with Gasteiger partial charge in [-0.05, 0) is 12.1 Å². The first kappa shape index (κ1) is 13.1. The van der Waals surface area contributed by atoms with E-state index in [2.05, 4.69) is 4.98 Å². The van der Waals surface area contributed by atoms with Gasteiger partial charge in [0.25, 0.3) is 0 Å². The molecule has 2 aromatic rings. The van der Waals surface area contributed by atoms with Gasteiger partial charge in [-0.3, -0.25) is 4.79 Å². The van der Waals surface area contributed by atoms with E-state index in [1.807, 2.05) is 35.9 Å². The maximum absolute atomic E-state index is 10.6. The summed E-state index contributed by atoms with van der Waals surface area (Å²) in [7, 11) is 3.51.